The maximum atomic E-state index is 13.4. The van der Waals surface area contributed by atoms with Gasteiger partial charge in [-0.05, 0) is 49.2 Å². The highest BCUT2D eigenvalue weighted by molar-refractivity contribution is 7.98. The zero-order valence-electron chi connectivity index (χ0n) is 16.6. The molecule has 5 rings (SSSR count). The van der Waals surface area contributed by atoms with Gasteiger partial charge in [0, 0.05) is 30.2 Å². The average molecular weight is 438 g/mol. The molecule has 4 heterocycles. The summed E-state index contributed by atoms with van der Waals surface area (Å²) < 4.78 is 22.7. The van der Waals surface area contributed by atoms with Crippen molar-refractivity contribution in [3.63, 3.8) is 0 Å². The van der Waals surface area contributed by atoms with Crippen molar-refractivity contribution in [2.24, 2.45) is 0 Å². The minimum Gasteiger partial charge on any atom is -0.376 e. The molecule has 9 heteroatoms. The SMILES string of the molecule is O=c1cc(CSc2nnc(-c3ccc(F)cc3)n2CC2CCCO2)nc2ccccn12. The van der Waals surface area contributed by atoms with Crippen LogP contribution in [0, 0.1) is 5.82 Å². The highest BCUT2D eigenvalue weighted by Gasteiger charge is 2.22. The van der Waals surface area contributed by atoms with Gasteiger partial charge in [-0.1, -0.05) is 17.8 Å². The molecule has 0 N–H and O–H groups in total. The normalized spacial score (nSPS) is 16.2. The third-order valence-corrected chi connectivity index (χ3v) is 6.20. The van der Waals surface area contributed by atoms with Crippen molar-refractivity contribution in [2.45, 2.75) is 36.4 Å². The van der Waals surface area contributed by atoms with Gasteiger partial charge in [-0.15, -0.1) is 10.2 Å². The Morgan fingerprint density at radius 3 is 2.84 bits per heavy atom. The Hall–Kier alpha value is -3.04. The summed E-state index contributed by atoms with van der Waals surface area (Å²) in [5.41, 5.74) is 1.96. The summed E-state index contributed by atoms with van der Waals surface area (Å²) in [6.07, 6.45) is 3.81. The number of hydrogen-bond donors (Lipinski definition) is 0. The average Bonchev–Trinajstić information content (AvgIpc) is 3.44. The first kappa shape index (κ1) is 19.9. The number of halogens is 1. The lowest BCUT2D eigenvalue weighted by atomic mass is 10.2. The largest absolute Gasteiger partial charge is 0.376 e. The van der Waals surface area contributed by atoms with Crippen molar-refractivity contribution in [3.8, 4) is 11.4 Å². The maximum Gasteiger partial charge on any atom is 0.258 e. The van der Waals surface area contributed by atoms with Crippen LogP contribution in [0.4, 0.5) is 4.39 Å². The van der Waals surface area contributed by atoms with Crippen molar-refractivity contribution < 1.29 is 9.13 Å². The van der Waals surface area contributed by atoms with Crippen molar-refractivity contribution in [3.05, 3.63) is 76.6 Å². The van der Waals surface area contributed by atoms with Crippen LogP contribution >= 0.6 is 11.8 Å². The lowest BCUT2D eigenvalue weighted by Crippen LogP contribution is -2.17. The molecular formula is C22H20FN5O2S. The van der Waals surface area contributed by atoms with Crippen molar-refractivity contribution in [1.82, 2.24) is 24.1 Å². The van der Waals surface area contributed by atoms with Gasteiger partial charge in [0.05, 0.1) is 18.3 Å². The second-order valence-corrected chi connectivity index (χ2v) is 8.30. The van der Waals surface area contributed by atoms with Gasteiger partial charge in [0.1, 0.15) is 11.5 Å². The quantitative estimate of drug-likeness (QED) is 0.430. The fourth-order valence-electron chi connectivity index (χ4n) is 3.68. The molecule has 3 aromatic heterocycles. The highest BCUT2D eigenvalue weighted by atomic mass is 32.2. The van der Waals surface area contributed by atoms with Gasteiger partial charge < -0.3 is 4.74 Å². The minimum atomic E-state index is -0.294. The standard InChI is InChI=1S/C22H20FN5O2S/c23-16-8-6-15(7-9-16)21-25-26-22(28(21)13-18-4-3-11-30-18)31-14-17-12-20(29)27-10-2-1-5-19(27)24-17/h1-2,5-10,12,18H,3-4,11,13-14H2. The Labute approximate surface area is 181 Å². The van der Waals surface area contributed by atoms with Crippen LogP contribution in [-0.4, -0.2) is 36.9 Å². The van der Waals surface area contributed by atoms with Gasteiger partial charge >= 0.3 is 0 Å². The van der Waals surface area contributed by atoms with Crippen LogP contribution in [0.3, 0.4) is 0 Å². The van der Waals surface area contributed by atoms with E-state index in [0.29, 0.717) is 34.6 Å². The molecule has 1 unspecified atom stereocenters. The van der Waals surface area contributed by atoms with Crippen LogP contribution in [0.25, 0.3) is 17.0 Å². The van der Waals surface area contributed by atoms with E-state index in [2.05, 4.69) is 15.2 Å². The second-order valence-electron chi connectivity index (χ2n) is 7.36. The molecule has 4 aromatic rings. The molecule has 1 saturated heterocycles. The summed E-state index contributed by atoms with van der Waals surface area (Å²) in [6.45, 7) is 1.38. The fourth-order valence-corrected chi connectivity index (χ4v) is 4.52. The van der Waals surface area contributed by atoms with Gasteiger partial charge in [-0.25, -0.2) is 9.37 Å². The van der Waals surface area contributed by atoms with Crippen LogP contribution in [-0.2, 0) is 17.0 Å². The van der Waals surface area contributed by atoms with Crippen molar-refractivity contribution >= 4 is 17.4 Å². The first-order chi connectivity index (χ1) is 15.2. The predicted octanol–water partition coefficient (Wildman–Crippen LogP) is 3.56. The molecule has 1 atom stereocenters. The van der Waals surface area contributed by atoms with Gasteiger partial charge in [0.15, 0.2) is 11.0 Å². The highest BCUT2D eigenvalue weighted by Crippen LogP contribution is 2.28. The molecule has 0 aliphatic carbocycles. The summed E-state index contributed by atoms with van der Waals surface area (Å²) in [7, 11) is 0. The third-order valence-electron chi connectivity index (χ3n) is 5.20. The molecule has 1 aliphatic heterocycles. The molecule has 158 valence electrons. The van der Waals surface area contributed by atoms with E-state index in [1.165, 1.54) is 28.3 Å². The van der Waals surface area contributed by atoms with Crippen molar-refractivity contribution in [2.75, 3.05) is 6.61 Å². The fraction of sp³-hybridized carbons (Fsp3) is 0.273. The van der Waals surface area contributed by atoms with E-state index in [1.807, 2.05) is 16.7 Å². The number of fused-ring (bicyclic) bond motifs is 1. The van der Waals surface area contributed by atoms with Gasteiger partial charge in [-0.3, -0.25) is 13.8 Å². The van der Waals surface area contributed by atoms with Crippen LogP contribution in [0.15, 0.2) is 64.7 Å². The smallest absolute Gasteiger partial charge is 0.258 e. The summed E-state index contributed by atoms with van der Waals surface area (Å²) in [5, 5.41) is 9.45. The van der Waals surface area contributed by atoms with E-state index in [1.54, 1.807) is 30.5 Å². The number of benzene rings is 1. The molecular weight excluding hydrogens is 417 g/mol. The summed E-state index contributed by atoms with van der Waals surface area (Å²) >= 11 is 1.47. The van der Waals surface area contributed by atoms with Crippen LogP contribution in [0.1, 0.15) is 18.5 Å². The number of thioether (sulfide) groups is 1. The van der Waals surface area contributed by atoms with E-state index in [9.17, 15) is 9.18 Å². The topological polar surface area (TPSA) is 74.3 Å². The Kier molecular flexibility index (Phi) is 5.52. The Bertz CT molecular complexity index is 1270. The molecule has 0 radical (unpaired) electrons. The van der Waals surface area contributed by atoms with Gasteiger partial charge in [0.2, 0.25) is 0 Å². The first-order valence-corrected chi connectivity index (χ1v) is 11.1. The Morgan fingerprint density at radius 2 is 2.03 bits per heavy atom. The van der Waals surface area contributed by atoms with E-state index < -0.39 is 0 Å². The first-order valence-electron chi connectivity index (χ1n) is 10.1. The monoisotopic (exact) mass is 437 g/mol. The molecule has 1 aromatic carbocycles. The molecule has 0 amide bonds. The summed E-state index contributed by atoms with van der Waals surface area (Å²) in [5.74, 6) is 0.856. The second kappa shape index (κ2) is 8.60. The lowest BCUT2D eigenvalue weighted by Gasteiger charge is -2.14. The number of hydrogen-bond acceptors (Lipinski definition) is 6. The molecule has 0 saturated carbocycles. The van der Waals surface area contributed by atoms with Crippen LogP contribution in [0.2, 0.25) is 0 Å². The molecule has 1 aliphatic rings. The third kappa shape index (κ3) is 4.24. The zero-order chi connectivity index (χ0) is 21.2. The van der Waals surface area contributed by atoms with E-state index in [4.69, 9.17) is 4.74 Å². The number of aromatic nitrogens is 5. The number of nitrogens with zero attached hydrogens (tertiary/aromatic N) is 5. The number of ether oxygens (including phenoxy) is 1. The Balaban J connectivity index is 1.44. The Morgan fingerprint density at radius 1 is 1.16 bits per heavy atom. The van der Waals surface area contributed by atoms with Crippen LogP contribution in [0.5, 0.6) is 0 Å². The van der Waals surface area contributed by atoms with Gasteiger partial charge in [0.25, 0.3) is 5.56 Å². The zero-order valence-corrected chi connectivity index (χ0v) is 17.5. The lowest BCUT2D eigenvalue weighted by molar-refractivity contribution is 0.0953. The number of rotatable bonds is 6. The summed E-state index contributed by atoms with van der Waals surface area (Å²) in [4.78, 5) is 16.9. The van der Waals surface area contributed by atoms with E-state index in [-0.39, 0.29) is 17.5 Å². The predicted molar refractivity (Wildman–Crippen MR) is 115 cm³/mol. The molecule has 31 heavy (non-hydrogen) atoms. The van der Waals surface area contributed by atoms with E-state index >= 15 is 0 Å². The van der Waals surface area contributed by atoms with E-state index in [0.717, 1.165) is 25.0 Å². The van der Waals surface area contributed by atoms with Crippen molar-refractivity contribution in [1.29, 1.82) is 0 Å². The van der Waals surface area contributed by atoms with Crippen LogP contribution < -0.4 is 5.56 Å². The number of pyridine rings is 1. The molecule has 7 nitrogen and oxygen atoms in total. The maximum absolute atomic E-state index is 13.4. The molecule has 1 fully saturated rings. The molecule has 0 spiro atoms. The molecule has 0 bridgehead atoms. The minimum absolute atomic E-state index is 0.0954. The summed E-state index contributed by atoms with van der Waals surface area (Å²) in [6, 6.07) is 13.2. The van der Waals surface area contributed by atoms with Gasteiger partial charge in [-0.2, -0.15) is 0 Å².